The second kappa shape index (κ2) is 21.1. The van der Waals surface area contributed by atoms with Crippen molar-refractivity contribution in [3.63, 3.8) is 0 Å². The Morgan fingerprint density at radius 1 is 0.792 bits per heavy atom. The second-order valence-electron chi connectivity index (χ2n) is 14.0. The van der Waals surface area contributed by atoms with Gasteiger partial charge >= 0.3 is 5.97 Å². The van der Waals surface area contributed by atoms with Crippen LogP contribution in [0.25, 0.3) is 10.8 Å². The molecule has 2 rings (SSSR count). The van der Waals surface area contributed by atoms with E-state index in [2.05, 4.69) is 26.0 Å². The predicted molar refractivity (Wildman–Crippen MR) is 210 cm³/mol. The van der Waals surface area contributed by atoms with Crippen molar-refractivity contribution in [2.75, 3.05) is 37.5 Å². The Morgan fingerprint density at radius 3 is 1.96 bits per heavy atom. The van der Waals surface area contributed by atoms with Gasteiger partial charge in [0.1, 0.15) is 24.2 Å². The number of carbonyl (C=O) groups excluding carboxylic acids is 4. The minimum absolute atomic E-state index is 0.0185. The number of hydrogen-bond donors (Lipinski definition) is 6. The normalized spacial score (nSPS) is 15.1. The van der Waals surface area contributed by atoms with Gasteiger partial charge in [-0.2, -0.15) is 16.5 Å². The molecule has 4 amide bonds. The topological polar surface area (TPSA) is 203 Å². The zero-order valence-electron chi connectivity index (χ0n) is 32.3. The van der Waals surface area contributed by atoms with Crippen LogP contribution >= 0.6 is 11.8 Å². The van der Waals surface area contributed by atoms with Gasteiger partial charge in [-0.05, 0) is 54.7 Å². The number of fused-ring (bicyclic) bond motifs is 1. The lowest BCUT2D eigenvalue weighted by atomic mass is 9.95. The molecule has 0 aromatic heterocycles. The van der Waals surface area contributed by atoms with E-state index in [1.807, 2.05) is 65.1 Å². The summed E-state index contributed by atoms with van der Waals surface area (Å²) in [6.07, 6.45) is 3.20. The van der Waals surface area contributed by atoms with Crippen LogP contribution in [0.15, 0.2) is 41.3 Å². The van der Waals surface area contributed by atoms with Gasteiger partial charge in [-0.1, -0.05) is 78.6 Å². The molecule has 0 radical (unpaired) electrons. The van der Waals surface area contributed by atoms with E-state index >= 15 is 0 Å². The summed E-state index contributed by atoms with van der Waals surface area (Å²) in [6, 6.07) is 5.85. The molecule has 0 unspecified atom stereocenters. The Morgan fingerprint density at radius 2 is 1.40 bits per heavy atom. The van der Waals surface area contributed by atoms with E-state index in [0.717, 1.165) is 11.1 Å². The van der Waals surface area contributed by atoms with Crippen LogP contribution in [0.4, 0.5) is 5.69 Å². The zero-order chi connectivity index (χ0) is 40.0. The predicted octanol–water partition coefficient (Wildman–Crippen LogP) is 3.10. The molecule has 296 valence electrons. The summed E-state index contributed by atoms with van der Waals surface area (Å²) in [6.45, 7) is 10.3. The molecule has 6 atom stereocenters. The van der Waals surface area contributed by atoms with Gasteiger partial charge < -0.3 is 31.3 Å². The van der Waals surface area contributed by atoms with Gasteiger partial charge in [-0.15, -0.1) is 0 Å². The lowest BCUT2D eigenvalue weighted by molar-refractivity contribution is -0.142. The summed E-state index contributed by atoms with van der Waals surface area (Å²) in [5, 5.41) is 21.2. The molecule has 0 spiro atoms. The van der Waals surface area contributed by atoms with Crippen LogP contribution in [0.1, 0.15) is 67.2 Å². The Labute approximate surface area is 318 Å². The highest BCUT2D eigenvalue weighted by molar-refractivity contribution is 7.98. The number of aliphatic carboxylic acids is 1. The number of benzene rings is 2. The summed E-state index contributed by atoms with van der Waals surface area (Å²) in [4.78, 5) is 67.0. The van der Waals surface area contributed by atoms with E-state index in [4.69, 9.17) is 0 Å². The highest BCUT2D eigenvalue weighted by Crippen LogP contribution is 2.30. The summed E-state index contributed by atoms with van der Waals surface area (Å²) in [7, 11) is -0.497. The summed E-state index contributed by atoms with van der Waals surface area (Å²) >= 11 is 1.45. The number of anilines is 1. The fourth-order valence-electron chi connectivity index (χ4n) is 5.72. The minimum atomic E-state index is -4.23. The first-order valence-corrected chi connectivity index (χ1v) is 20.9. The number of rotatable bonds is 22. The molecule has 0 saturated carbocycles. The maximum absolute atomic E-state index is 13.9. The molecule has 53 heavy (non-hydrogen) atoms. The van der Waals surface area contributed by atoms with Crippen LogP contribution in [-0.2, 0) is 34.0 Å². The van der Waals surface area contributed by atoms with Crippen LogP contribution in [0, 0.1) is 17.8 Å². The standard InChI is InChI=1S/C37H58N6O8S2/c1-10-23(5)32(35(46)38-21-31(44)39-28(20-22(3)4)34(45)40-27(37(48)49)18-19-52-9)41-36(47)33(24(6)11-2)42-53(50,51)30-17-13-14-25-26(30)15-12-16-29(25)43(7)8/h12-17,22-24,27-28,32-33,42H,10-11,18-21H2,1-9H3,(H,38,46)(H,39,44)(H,40,45)(H,41,47)(H,48,49)/t23-,24-,27-,28-,32-,33-/m0/s1. The maximum atomic E-state index is 13.9. The SMILES string of the molecule is CC[C@H](C)[C@H](NC(=O)[C@@H](NS(=O)(=O)c1cccc2c(N(C)C)cccc12)[C@@H](C)CC)C(=O)NCC(=O)N[C@@H](CC(C)C)C(=O)N[C@@H](CCSC)C(=O)O. The first-order chi connectivity index (χ1) is 24.9. The van der Waals surface area contributed by atoms with Crippen molar-refractivity contribution in [1.29, 1.82) is 0 Å². The summed E-state index contributed by atoms with van der Waals surface area (Å²) in [5.41, 5.74) is 0.832. The Hall–Kier alpha value is -3.89. The Kier molecular flexibility index (Phi) is 18.0. The third-order valence-electron chi connectivity index (χ3n) is 9.21. The average molecular weight is 779 g/mol. The molecule has 6 N–H and O–H groups in total. The van der Waals surface area contributed by atoms with Crippen molar-refractivity contribution < 1.29 is 37.5 Å². The van der Waals surface area contributed by atoms with Crippen molar-refractivity contribution in [3.05, 3.63) is 36.4 Å². The molecule has 2 aromatic carbocycles. The Balaban J connectivity index is 2.24. The average Bonchev–Trinajstić information content (AvgIpc) is 3.11. The molecule has 0 aliphatic rings. The number of thioether (sulfide) groups is 1. The number of amides is 4. The van der Waals surface area contributed by atoms with Crippen molar-refractivity contribution in [2.24, 2.45) is 17.8 Å². The maximum Gasteiger partial charge on any atom is 0.326 e. The fourth-order valence-corrected chi connectivity index (χ4v) is 7.72. The van der Waals surface area contributed by atoms with Gasteiger partial charge in [0.2, 0.25) is 33.7 Å². The van der Waals surface area contributed by atoms with Crippen LogP contribution in [0.2, 0.25) is 0 Å². The lowest BCUT2D eigenvalue weighted by Crippen LogP contribution is -2.58. The van der Waals surface area contributed by atoms with E-state index < -0.39 is 82.2 Å². The molecular weight excluding hydrogens is 721 g/mol. The summed E-state index contributed by atoms with van der Waals surface area (Å²) < 4.78 is 30.4. The lowest BCUT2D eigenvalue weighted by Gasteiger charge is -2.29. The van der Waals surface area contributed by atoms with E-state index in [1.165, 1.54) is 17.8 Å². The first kappa shape index (κ1) is 45.3. The quantitative estimate of drug-likeness (QED) is 0.103. The molecule has 0 aliphatic carbocycles. The largest absolute Gasteiger partial charge is 0.480 e. The highest BCUT2D eigenvalue weighted by Gasteiger charge is 2.35. The third kappa shape index (κ3) is 13.2. The van der Waals surface area contributed by atoms with Crippen LogP contribution < -0.4 is 30.9 Å². The Bertz CT molecular complexity index is 1690. The van der Waals surface area contributed by atoms with Crippen LogP contribution in [0.3, 0.4) is 0 Å². The molecule has 0 fully saturated rings. The van der Waals surface area contributed by atoms with Gasteiger partial charge in [0.05, 0.1) is 11.4 Å². The van der Waals surface area contributed by atoms with Crippen molar-refractivity contribution >= 4 is 67.8 Å². The number of hydrogen-bond acceptors (Lipinski definition) is 9. The third-order valence-corrected chi connectivity index (χ3v) is 11.4. The number of nitrogens with zero attached hydrogens (tertiary/aromatic N) is 1. The van der Waals surface area contributed by atoms with E-state index in [1.54, 1.807) is 32.0 Å². The molecule has 0 aliphatic heterocycles. The van der Waals surface area contributed by atoms with Crippen molar-refractivity contribution in [1.82, 2.24) is 26.0 Å². The van der Waals surface area contributed by atoms with Crippen molar-refractivity contribution in [2.45, 2.75) is 96.3 Å². The molecule has 14 nitrogen and oxygen atoms in total. The second-order valence-corrected chi connectivity index (χ2v) is 16.7. The molecule has 0 bridgehead atoms. The number of carboxylic acid groups (broad SMARTS) is 1. The molecule has 2 aromatic rings. The van der Waals surface area contributed by atoms with Crippen LogP contribution in [0.5, 0.6) is 0 Å². The number of carboxylic acids is 1. The smallest absolute Gasteiger partial charge is 0.326 e. The van der Waals surface area contributed by atoms with Gasteiger partial charge in [0, 0.05) is 30.6 Å². The highest BCUT2D eigenvalue weighted by atomic mass is 32.2. The molecular formula is C37H58N6O8S2. The van der Waals surface area contributed by atoms with E-state index in [-0.39, 0.29) is 23.7 Å². The molecule has 0 heterocycles. The fraction of sp³-hybridized carbons (Fsp3) is 0.595. The number of carbonyl (C=O) groups is 5. The minimum Gasteiger partial charge on any atom is -0.480 e. The van der Waals surface area contributed by atoms with Crippen LogP contribution in [-0.4, -0.2) is 99.9 Å². The number of sulfonamides is 1. The monoisotopic (exact) mass is 778 g/mol. The van der Waals surface area contributed by atoms with Gasteiger partial charge in [0.15, 0.2) is 0 Å². The summed E-state index contributed by atoms with van der Waals surface area (Å²) in [5.74, 6) is -4.20. The van der Waals surface area contributed by atoms with Gasteiger partial charge in [-0.3, -0.25) is 19.2 Å². The van der Waals surface area contributed by atoms with Crippen molar-refractivity contribution in [3.8, 4) is 0 Å². The van der Waals surface area contributed by atoms with E-state index in [0.29, 0.717) is 24.0 Å². The number of nitrogens with one attached hydrogen (secondary N) is 5. The van der Waals surface area contributed by atoms with Gasteiger partial charge in [0.25, 0.3) is 0 Å². The molecule has 0 saturated heterocycles. The molecule has 16 heteroatoms. The van der Waals surface area contributed by atoms with Gasteiger partial charge in [-0.25, -0.2) is 13.2 Å². The zero-order valence-corrected chi connectivity index (χ0v) is 33.9. The first-order valence-electron chi connectivity index (χ1n) is 18.0. The van der Waals surface area contributed by atoms with E-state index in [9.17, 15) is 37.5 Å².